The molecule has 0 aliphatic heterocycles. The van der Waals surface area contributed by atoms with Crippen molar-refractivity contribution in [3.63, 3.8) is 0 Å². The second-order valence-electron chi connectivity index (χ2n) is 3.81. The van der Waals surface area contributed by atoms with E-state index in [0.29, 0.717) is 12.3 Å². The van der Waals surface area contributed by atoms with Gasteiger partial charge in [0, 0.05) is 18.2 Å². The van der Waals surface area contributed by atoms with Crippen molar-refractivity contribution in [1.29, 1.82) is 0 Å². The Hall–Kier alpha value is -1.94. The monoisotopic (exact) mass is 249 g/mol. The summed E-state index contributed by atoms with van der Waals surface area (Å²) in [6, 6.07) is 10.6. The normalized spacial score (nSPS) is 10.4. The minimum absolute atomic E-state index is 0.0138. The van der Waals surface area contributed by atoms with Crippen LogP contribution in [0.5, 0.6) is 11.5 Å². The maximum absolute atomic E-state index is 13.5. The van der Waals surface area contributed by atoms with Gasteiger partial charge in [-0.25, -0.2) is 8.78 Å². The molecule has 2 aromatic rings. The third-order valence-electron chi connectivity index (χ3n) is 2.45. The molecular formula is C14H13F2NO. The van der Waals surface area contributed by atoms with Gasteiger partial charge in [0.1, 0.15) is 11.6 Å². The summed E-state index contributed by atoms with van der Waals surface area (Å²) in [4.78, 5) is 0. The maximum atomic E-state index is 13.5. The van der Waals surface area contributed by atoms with E-state index < -0.39 is 11.6 Å². The van der Waals surface area contributed by atoms with E-state index >= 15 is 0 Å². The van der Waals surface area contributed by atoms with Crippen molar-refractivity contribution in [2.75, 3.05) is 7.05 Å². The Kier molecular flexibility index (Phi) is 3.89. The van der Waals surface area contributed by atoms with Gasteiger partial charge in [0.25, 0.3) is 0 Å². The molecule has 0 aliphatic carbocycles. The van der Waals surface area contributed by atoms with Crippen LogP contribution >= 0.6 is 0 Å². The van der Waals surface area contributed by atoms with Crippen molar-refractivity contribution < 1.29 is 13.5 Å². The summed E-state index contributed by atoms with van der Waals surface area (Å²) in [6.45, 7) is 0.610. The fraction of sp³-hybridized carbons (Fsp3) is 0.143. The second kappa shape index (κ2) is 5.60. The molecule has 18 heavy (non-hydrogen) atoms. The fourth-order valence-corrected chi connectivity index (χ4v) is 1.62. The molecule has 0 bridgehead atoms. The standard InChI is InChI=1S/C14H13F2NO/c1-17-9-10-4-2-3-5-13(10)18-14-7-6-11(15)8-12(14)16/h2-8,17H,9H2,1H3. The van der Waals surface area contributed by atoms with Crippen LogP contribution in [-0.4, -0.2) is 7.05 Å². The first-order valence-corrected chi connectivity index (χ1v) is 5.56. The quantitative estimate of drug-likeness (QED) is 0.895. The topological polar surface area (TPSA) is 21.3 Å². The number of halogens is 2. The van der Waals surface area contributed by atoms with E-state index in [-0.39, 0.29) is 5.75 Å². The molecule has 2 aromatic carbocycles. The molecule has 0 aromatic heterocycles. The first-order chi connectivity index (χ1) is 8.70. The number of rotatable bonds is 4. The van der Waals surface area contributed by atoms with Crippen LogP contribution in [0.1, 0.15) is 5.56 Å². The van der Waals surface area contributed by atoms with Crippen molar-refractivity contribution in [3.8, 4) is 11.5 Å². The molecule has 0 aliphatic rings. The Balaban J connectivity index is 2.28. The van der Waals surface area contributed by atoms with Gasteiger partial charge in [0.2, 0.25) is 0 Å². The predicted molar refractivity (Wildman–Crippen MR) is 65.6 cm³/mol. The van der Waals surface area contributed by atoms with Crippen molar-refractivity contribution in [2.24, 2.45) is 0 Å². The molecule has 0 spiro atoms. The molecule has 0 radical (unpaired) electrons. The summed E-state index contributed by atoms with van der Waals surface area (Å²) < 4.78 is 31.7. The molecule has 2 rings (SSSR count). The smallest absolute Gasteiger partial charge is 0.168 e. The molecule has 0 atom stereocenters. The third-order valence-corrected chi connectivity index (χ3v) is 2.45. The lowest BCUT2D eigenvalue weighted by molar-refractivity contribution is 0.432. The predicted octanol–water partition coefficient (Wildman–Crippen LogP) is 3.48. The molecule has 0 saturated carbocycles. The SMILES string of the molecule is CNCc1ccccc1Oc1ccc(F)cc1F. The van der Waals surface area contributed by atoms with Crippen LogP contribution in [0.2, 0.25) is 0 Å². The molecule has 1 N–H and O–H groups in total. The van der Waals surface area contributed by atoms with Gasteiger partial charge in [-0.2, -0.15) is 0 Å². The molecule has 0 unspecified atom stereocenters. The first kappa shape index (κ1) is 12.5. The zero-order chi connectivity index (χ0) is 13.0. The summed E-state index contributed by atoms with van der Waals surface area (Å²) in [7, 11) is 1.81. The highest BCUT2D eigenvalue weighted by molar-refractivity contribution is 5.38. The molecule has 2 nitrogen and oxygen atoms in total. The molecule has 4 heteroatoms. The summed E-state index contributed by atoms with van der Waals surface area (Å²) in [5.41, 5.74) is 0.906. The highest BCUT2D eigenvalue weighted by Crippen LogP contribution is 2.27. The molecule has 0 fully saturated rings. The second-order valence-corrected chi connectivity index (χ2v) is 3.81. The van der Waals surface area contributed by atoms with Gasteiger partial charge in [-0.15, -0.1) is 0 Å². The summed E-state index contributed by atoms with van der Waals surface area (Å²) >= 11 is 0. The number of nitrogens with one attached hydrogen (secondary N) is 1. The van der Waals surface area contributed by atoms with E-state index in [1.165, 1.54) is 12.1 Å². The van der Waals surface area contributed by atoms with Gasteiger partial charge in [-0.05, 0) is 25.2 Å². The van der Waals surface area contributed by atoms with Gasteiger partial charge < -0.3 is 10.1 Å². The number of ether oxygens (including phenoxy) is 1. The fourth-order valence-electron chi connectivity index (χ4n) is 1.62. The number of para-hydroxylation sites is 1. The first-order valence-electron chi connectivity index (χ1n) is 5.56. The van der Waals surface area contributed by atoms with E-state index in [4.69, 9.17) is 4.74 Å². The molecular weight excluding hydrogens is 236 g/mol. The number of benzene rings is 2. The Bertz CT molecular complexity index is 543. The van der Waals surface area contributed by atoms with Crippen LogP contribution in [0.4, 0.5) is 8.78 Å². The highest BCUT2D eigenvalue weighted by Gasteiger charge is 2.08. The van der Waals surface area contributed by atoms with Gasteiger partial charge in [-0.1, -0.05) is 18.2 Å². The van der Waals surface area contributed by atoms with Crippen LogP contribution < -0.4 is 10.1 Å². The molecule has 0 heterocycles. The third kappa shape index (κ3) is 2.84. The van der Waals surface area contributed by atoms with Crippen LogP contribution in [0.3, 0.4) is 0 Å². The highest BCUT2D eigenvalue weighted by atomic mass is 19.1. The van der Waals surface area contributed by atoms with Crippen LogP contribution in [0.15, 0.2) is 42.5 Å². The molecule has 94 valence electrons. The molecule has 0 amide bonds. The molecule has 0 saturated heterocycles. The lowest BCUT2D eigenvalue weighted by Crippen LogP contribution is -2.06. The summed E-state index contributed by atoms with van der Waals surface area (Å²) in [6.07, 6.45) is 0. The Morgan fingerprint density at radius 1 is 1.06 bits per heavy atom. The maximum Gasteiger partial charge on any atom is 0.168 e. The minimum atomic E-state index is -0.714. The van der Waals surface area contributed by atoms with E-state index in [1.54, 1.807) is 12.1 Å². The van der Waals surface area contributed by atoms with E-state index in [1.807, 2.05) is 19.2 Å². The minimum Gasteiger partial charge on any atom is -0.454 e. The van der Waals surface area contributed by atoms with Crippen molar-refractivity contribution in [2.45, 2.75) is 6.54 Å². The van der Waals surface area contributed by atoms with Gasteiger partial charge >= 0.3 is 0 Å². The average Bonchev–Trinajstić information content (AvgIpc) is 2.35. The number of hydrogen-bond donors (Lipinski definition) is 1. The van der Waals surface area contributed by atoms with E-state index in [2.05, 4.69) is 5.32 Å². The lowest BCUT2D eigenvalue weighted by atomic mass is 10.2. The van der Waals surface area contributed by atoms with Gasteiger partial charge in [0.05, 0.1) is 0 Å². The summed E-state index contributed by atoms with van der Waals surface area (Å²) in [5, 5.41) is 3.00. The Labute approximate surface area is 104 Å². The van der Waals surface area contributed by atoms with Crippen LogP contribution in [0.25, 0.3) is 0 Å². The van der Waals surface area contributed by atoms with Crippen molar-refractivity contribution in [1.82, 2.24) is 5.32 Å². The Morgan fingerprint density at radius 3 is 2.56 bits per heavy atom. The van der Waals surface area contributed by atoms with Crippen molar-refractivity contribution >= 4 is 0 Å². The van der Waals surface area contributed by atoms with Crippen molar-refractivity contribution in [3.05, 3.63) is 59.7 Å². The number of hydrogen-bond acceptors (Lipinski definition) is 2. The summed E-state index contributed by atoms with van der Waals surface area (Å²) in [5.74, 6) is -0.769. The van der Waals surface area contributed by atoms with Crippen LogP contribution in [-0.2, 0) is 6.54 Å². The van der Waals surface area contributed by atoms with Gasteiger partial charge in [0.15, 0.2) is 11.6 Å². The zero-order valence-corrected chi connectivity index (χ0v) is 9.91. The average molecular weight is 249 g/mol. The zero-order valence-electron chi connectivity index (χ0n) is 9.91. The lowest BCUT2D eigenvalue weighted by Gasteiger charge is -2.11. The van der Waals surface area contributed by atoms with E-state index in [9.17, 15) is 8.78 Å². The Morgan fingerprint density at radius 2 is 1.83 bits per heavy atom. The van der Waals surface area contributed by atoms with E-state index in [0.717, 1.165) is 11.6 Å². The van der Waals surface area contributed by atoms with Crippen LogP contribution in [0, 0.1) is 11.6 Å². The van der Waals surface area contributed by atoms with Gasteiger partial charge in [-0.3, -0.25) is 0 Å². The largest absolute Gasteiger partial charge is 0.454 e.